The number of nitrogens with zero attached hydrogens (tertiary/aromatic N) is 2. The van der Waals surface area contributed by atoms with E-state index in [1.54, 1.807) is 19.1 Å². The van der Waals surface area contributed by atoms with Crippen LogP contribution in [0.4, 0.5) is 4.39 Å². The van der Waals surface area contributed by atoms with Crippen LogP contribution in [0, 0.1) is 12.7 Å². The number of rotatable bonds is 5. The van der Waals surface area contributed by atoms with Gasteiger partial charge in [0.25, 0.3) is 5.89 Å². The molecule has 1 unspecified atom stereocenters. The smallest absolute Gasteiger partial charge is 0.264 e. The van der Waals surface area contributed by atoms with Gasteiger partial charge in [-0.3, -0.25) is 0 Å². The summed E-state index contributed by atoms with van der Waals surface area (Å²) in [5.41, 5.74) is 6.51. The van der Waals surface area contributed by atoms with Crippen molar-refractivity contribution >= 4 is 0 Å². The summed E-state index contributed by atoms with van der Waals surface area (Å²) in [5.74, 6) is 0.571. The third kappa shape index (κ3) is 3.75. The fourth-order valence-corrected chi connectivity index (χ4v) is 1.70. The van der Waals surface area contributed by atoms with Gasteiger partial charge in [0.1, 0.15) is 0 Å². The SMILES string of the molecule is Cc1noc(COc2ccc(CC(C)N)cc2F)n1. The minimum absolute atomic E-state index is 0.00691. The van der Waals surface area contributed by atoms with Crippen molar-refractivity contribution in [1.29, 1.82) is 0 Å². The molecule has 1 aromatic heterocycles. The van der Waals surface area contributed by atoms with Gasteiger partial charge in [-0.15, -0.1) is 0 Å². The highest BCUT2D eigenvalue weighted by Gasteiger charge is 2.09. The van der Waals surface area contributed by atoms with Crippen molar-refractivity contribution in [2.24, 2.45) is 5.73 Å². The van der Waals surface area contributed by atoms with Crippen molar-refractivity contribution in [3.05, 3.63) is 41.3 Å². The Morgan fingerprint density at radius 2 is 2.26 bits per heavy atom. The van der Waals surface area contributed by atoms with Gasteiger partial charge in [0.2, 0.25) is 0 Å². The first-order valence-corrected chi connectivity index (χ1v) is 6.00. The number of hydrogen-bond acceptors (Lipinski definition) is 5. The molecule has 0 aliphatic carbocycles. The lowest BCUT2D eigenvalue weighted by molar-refractivity contribution is 0.234. The van der Waals surface area contributed by atoms with Crippen molar-refractivity contribution in [3.63, 3.8) is 0 Å². The number of nitrogens with two attached hydrogens (primary N) is 1. The third-order valence-corrected chi connectivity index (χ3v) is 2.47. The number of aryl methyl sites for hydroxylation is 1. The first kappa shape index (κ1) is 13.5. The molecule has 2 aromatic rings. The summed E-state index contributed by atoms with van der Waals surface area (Å²) in [4.78, 5) is 3.97. The van der Waals surface area contributed by atoms with Crippen LogP contribution in [0.2, 0.25) is 0 Å². The van der Waals surface area contributed by atoms with Gasteiger partial charge < -0.3 is 15.0 Å². The van der Waals surface area contributed by atoms with Crippen LogP contribution >= 0.6 is 0 Å². The van der Waals surface area contributed by atoms with E-state index in [0.29, 0.717) is 18.1 Å². The summed E-state index contributed by atoms with van der Waals surface area (Å²) in [6, 6.07) is 4.79. The van der Waals surface area contributed by atoms with E-state index in [0.717, 1.165) is 5.56 Å². The Morgan fingerprint density at radius 3 is 2.84 bits per heavy atom. The quantitative estimate of drug-likeness (QED) is 0.894. The Hall–Kier alpha value is -1.95. The number of aromatic nitrogens is 2. The summed E-state index contributed by atoms with van der Waals surface area (Å²) >= 11 is 0. The minimum Gasteiger partial charge on any atom is -0.481 e. The van der Waals surface area contributed by atoms with Crippen molar-refractivity contribution in [3.8, 4) is 5.75 Å². The molecule has 0 spiro atoms. The first-order valence-electron chi connectivity index (χ1n) is 6.00. The van der Waals surface area contributed by atoms with Gasteiger partial charge in [-0.2, -0.15) is 4.98 Å². The molecule has 0 bridgehead atoms. The summed E-state index contributed by atoms with van der Waals surface area (Å²) < 4.78 is 23.9. The molecule has 19 heavy (non-hydrogen) atoms. The molecule has 5 nitrogen and oxygen atoms in total. The zero-order valence-electron chi connectivity index (χ0n) is 10.9. The van der Waals surface area contributed by atoms with Gasteiger partial charge in [-0.05, 0) is 38.0 Å². The van der Waals surface area contributed by atoms with E-state index in [9.17, 15) is 4.39 Å². The maximum atomic E-state index is 13.8. The highest BCUT2D eigenvalue weighted by atomic mass is 19.1. The van der Waals surface area contributed by atoms with E-state index in [2.05, 4.69) is 10.1 Å². The normalized spacial score (nSPS) is 12.4. The predicted octanol–water partition coefficient (Wildman–Crippen LogP) is 1.99. The van der Waals surface area contributed by atoms with Gasteiger partial charge in [-0.1, -0.05) is 11.2 Å². The first-order chi connectivity index (χ1) is 9.04. The molecular formula is C13H16FN3O2. The molecule has 0 saturated carbocycles. The van der Waals surface area contributed by atoms with Gasteiger partial charge in [-0.25, -0.2) is 4.39 Å². The molecule has 0 aliphatic heterocycles. The Balaban J connectivity index is 2.00. The van der Waals surface area contributed by atoms with Crippen molar-refractivity contribution in [1.82, 2.24) is 10.1 Å². The summed E-state index contributed by atoms with van der Waals surface area (Å²) in [6.07, 6.45) is 0.625. The van der Waals surface area contributed by atoms with Crippen LogP contribution in [0.5, 0.6) is 5.75 Å². The predicted molar refractivity (Wildman–Crippen MR) is 67.1 cm³/mol. The van der Waals surface area contributed by atoms with Crippen LogP contribution < -0.4 is 10.5 Å². The highest BCUT2D eigenvalue weighted by molar-refractivity contribution is 5.29. The Morgan fingerprint density at radius 1 is 1.47 bits per heavy atom. The average molecular weight is 265 g/mol. The average Bonchev–Trinajstić information content (AvgIpc) is 2.73. The second-order valence-corrected chi connectivity index (χ2v) is 4.47. The molecule has 2 N–H and O–H groups in total. The molecule has 1 aromatic carbocycles. The van der Waals surface area contributed by atoms with Crippen LogP contribution in [0.25, 0.3) is 0 Å². The van der Waals surface area contributed by atoms with Crippen molar-refractivity contribution < 1.29 is 13.7 Å². The minimum atomic E-state index is -0.422. The maximum absolute atomic E-state index is 13.8. The molecule has 0 fully saturated rings. The Bertz CT molecular complexity index is 555. The van der Waals surface area contributed by atoms with E-state index >= 15 is 0 Å². The van der Waals surface area contributed by atoms with Gasteiger partial charge >= 0.3 is 0 Å². The summed E-state index contributed by atoms with van der Waals surface area (Å²) in [7, 11) is 0. The van der Waals surface area contributed by atoms with Crippen molar-refractivity contribution in [2.75, 3.05) is 0 Å². The fourth-order valence-electron chi connectivity index (χ4n) is 1.70. The molecule has 6 heteroatoms. The van der Waals surface area contributed by atoms with E-state index in [-0.39, 0.29) is 18.4 Å². The van der Waals surface area contributed by atoms with Gasteiger partial charge in [0.05, 0.1) is 0 Å². The molecule has 1 atom stereocenters. The van der Waals surface area contributed by atoms with Crippen LogP contribution in [0.15, 0.2) is 22.7 Å². The van der Waals surface area contributed by atoms with Gasteiger partial charge in [0.15, 0.2) is 24.0 Å². The largest absolute Gasteiger partial charge is 0.481 e. The number of ether oxygens (including phenoxy) is 1. The summed E-state index contributed by atoms with van der Waals surface area (Å²) in [6.45, 7) is 3.63. The van der Waals surface area contributed by atoms with Crippen LogP contribution in [-0.4, -0.2) is 16.2 Å². The molecule has 1 heterocycles. The van der Waals surface area contributed by atoms with Crippen LogP contribution in [0.3, 0.4) is 0 Å². The molecule has 0 saturated heterocycles. The number of halogens is 1. The molecule has 102 valence electrons. The summed E-state index contributed by atoms with van der Waals surface area (Å²) in [5, 5.41) is 3.62. The molecule has 0 amide bonds. The van der Waals surface area contributed by atoms with E-state index in [4.69, 9.17) is 15.0 Å². The number of hydrogen-bond donors (Lipinski definition) is 1. The van der Waals surface area contributed by atoms with E-state index in [1.165, 1.54) is 6.07 Å². The topological polar surface area (TPSA) is 74.2 Å². The lowest BCUT2D eigenvalue weighted by Gasteiger charge is -2.08. The monoisotopic (exact) mass is 265 g/mol. The van der Waals surface area contributed by atoms with E-state index in [1.807, 2.05) is 6.92 Å². The molecular weight excluding hydrogens is 249 g/mol. The van der Waals surface area contributed by atoms with Gasteiger partial charge in [0, 0.05) is 6.04 Å². The molecule has 2 rings (SSSR count). The van der Waals surface area contributed by atoms with E-state index < -0.39 is 5.82 Å². The standard InChI is InChI=1S/C13H16FN3O2/c1-8(15)5-10-3-4-12(11(14)6-10)18-7-13-16-9(2)17-19-13/h3-4,6,8H,5,7,15H2,1-2H3. The zero-order chi connectivity index (χ0) is 13.8. The zero-order valence-corrected chi connectivity index (χ0v) is 10.9. The third-order valence-electron chi connectivity index (χ3n) is 2.47. The Kier molecular flexibility index (Phi) is 4.11. The maximum Gasteiger partial charge on any atom is 0.264 e. The molecule has 0 radical (unpaired) electrons. The lowest BCUT2D eigenvalue weighted by Crippen LogP contribution is -2.17. The second-order valence-electron chi connectivity index (χ2n) is 4.47. The number of benzene rings is 1. The second kappa shape index (κ2) is 5.79. The highest BCUT2D eigenvalue weighted by Crippen LogP contribution is 2.20. The molecule has 0 aliphatic rings. The van der Waals surface area contributed by atoms with Crippen molar-refractivity contribution in [2.45, 2.75) is 32.9 Å². The van der Waals surface area contributed by atoms with Crippen LogP contribution in [0.1, 0.15) is 24.2 Å². The lowest BCUT2D eigenvalue weighted by atomic mass is 10.1. The van der Waals surface area contributed by atoms with Crippen LogP contribution in [-0.2, 0) is 13.0 Å². The fraction of sp³-hybridized carbons (Fsp3) is 0.385. The Labute approximate surface area is 110 Å².